The lowest BCUT2D eigenvalue weighted by atomic mass is 10.1. The van der Waals surface area contributed by atoms with Crippen molar-refractivity contribution in [1.82, 2.24) is 10.2 Å². The van der Waals surface area contributed by atoms with E-state index in [2.05, 4.69) is 21.2 Å². The van der Waals surface area contributed by atoms with Crippen molar-refractivity contribution < 1.29 is 14.4 Å². The molecule has 6 heteroatoms. The van der Waals surface area contributed by atoms with Crippen LogP contribution in [0.25, 0.3) is 0 Å². The number of nitrogens with one attached hydrogen (secondary N) is 1. The summed E-state index contributed by atoms with van der Waals surface area (Å²) in [4.78, 5) is 37.9. The first-order chi connectivity index (χ1) is 12.0. The summed E-state index contributed by atoms with van der Waals surface area (Å²) in [5.74, 6) is -0.890. The van der Waals surface area contributed by atoms with Crippen LogP contribution in [-0.2, 0) is 4.79 Å². The second-order valence-corrected chi connectivity index (χ2v) is 6.72. The fraction of sp³-hybridized carbons (Fsp3) is 0.211. The molecule has 1 N–H and O–H groups in total. The van der Waals surface area contributed by atoms with Gasteiger partial charge in [-0.25, -0.2) is 0 Å². The highest BCUT2D eigenvalue weighted by Gasteiger charge is 2.35. The molecule has 1 heterocycles. The third-order valence-corrected chi connectivity index (χ3v) is 4.91. The zero-order valence-electron chi connectivity index (χ0n) is 13.7. The van der Waals surface area contributed by atoms with Gasteiger partial charge in [0.2, 0.25) is 5.91 Å². The third kappa shape index (κ3) is 3.49. The molecular weight excluding hydrogens is 384 g/mol. The van der Waals surface area contributed by atoms with Crippen LogP contribution in [0.4, 0.5) is 0 Å². The Hall–Kier alpha value is -2.47. The normalized spacial score (nSPS) is 14.4. The van der Waals surface area contributed by atoms with Crippen LogP contribution in [0.1, 0.15) is 45.7 Å². The average molecular weight is 401 g/mol. The van der Waals surface area contributed by atoms with Gasteiger partial charge in [-0.1, -0.05) is 46.3 Å². The Labute approximate surface area is 154 Å². The van der Waals surface area contributed by atoms with Crippen molar-refractivity contribution in [1.29, 1.82) is 0 Å². The molecule has 1 aliphatic rings. The summed E-state index contributed by atoms with van der Waals surface area (Å²) >= 11 is 3.46. The van der Waals surface area contributed by atoms with Gasteiger partial charge in [-0.3, -0.25) is 19.3 Å². The number of nitrogens with zero attached hydrogens (tertiary/aromatic N) is 1. The number of hydrogen-bond acceptors (Lipinski definition) is 3. The number of amides is 3. The van der Waals surface area contributed by atoms with Crippen LogP contribution in [-0.4, -0.2) is 29.2 Å². The number of imide groups is 1. The quantitative estimate of drug-likeness (QED) is 0.782. The number of carbonyl (C=O) groups is 3. The van der Waals surface area contributed by atoms with Crippen LogP contribution in [0.2, 0.25) is 0 Å². The van der Waals surface area contributed by atoms with E-state index in [0.29, 0.717) is 11.1 Å². The Morgan fingerprint density at radius 1 is 1.04 bits per heavy atom. The van der Waals surface area contributed by atoms with Crippen molar-refractivity contribution in [2.24, 2.45) is 0 Å². The zero-order valence-corrected chi connectivity index (χ0v) is 15.2. The Morgan fingerprint density at radius 2 is 1.60 bits per heavy atom. The van der Waals surface area contributed by atoms with E-state index in [4.69, 9.17) is 0 Å². The molecular formula is C19H17BrN2O3. The predicted molar refractivity (Wildman–Crippen MR) is 97.1 cm³/mol. The van der Waals surface area contributed by atoms with E-state index in [1.807, 2.05) is 31.2 Å². The number of benzene rings is 2. The Balaban J connectivity index is 1.59. The van der Waals surface area contributed by atoms with E-state index >= 15 is 0 Å². The predicted octanol–water partition coefficient (Wildman–Crippen LogP) is 3.31. The SMILES string of the molecule is C[C@@H](NC(=O)CCN1C(=O)c2ccccc2C1=O)c1ccccc1Br. The lowest BCUT2D eigenvalue weighted by Crippen LogP contribution is -2.35. The van der Waals surface area contributed by atoms with Gasteiger partial charge in [0, 0.05) is 17.4 Å². The molecule has 2 aromatic rings. The molecule has 3 rings (SSSR count). The molecule has 2 aromatic carbocycles. The van der Waals surface area contributed by atoms with Crippen molar-refractivity contribution in [2.75, 3.05) is 6.54 Å². The molecule has 5 nitrogen and oxygen atoms in total. The van der Waals surface area contributed by atoms with Crippen LogP contribution in [0.3, 0.4) is 0 Å². The Kier molecular flexibility index (Phi) is 4.99. The minimum Gasteiger partial charge on any atom is -0.349 e. The summed E-state index contributed by atoms with van der Waals surface area (Å²) < 4.78 is 0.920. The van der Waals surface area contributed by atoms with Crippen LogP contribution in [0, 0.1) is 0 Å². The first kappa shape index (κ1) is 17.4. The minimum absolute atomic E-state index is 0.0697. The molecule has 0 aliphatic carbocycles. The highest BCUT2D eigenvalue weighted by Crippen LogP contribution is 2.24. The molecule has 0 saturated carbocycles. The molecule has 1 aliphatic heterocycles. The summed E-state index contributed by atoms with van der Waals surface area (Å²) in [6.07, 6.45) is 0.0697. The lowest BCUT2D eigenvalue weighted by molar-refractivity contribution is -0.121. The molecule has 128 valence electrons. The van der Waals surface area contributed by atoms with Crippen molar-refractivity contribution in [3.05, 3.63) is 69.7 Å². The van der Waals surface area contributed by atoms with Crippen molar-refractivity contribution in [3.63, 3.8) is 0 Å². The van der Waals surface area contributed by atoms with Crippen LogP contribution in [0.15, 0.2) is 53.0 Å². The van der Waals surface area contributed by atoms with Crippen molar-refractivity contribution in [3.8, 4) is 0 Å². The van der Waals surface area contributed by atoms with Crippen molar-refractivity contribution in [2.45, 2.75) is 19.4 Å². The number of carbonyl (C=O) groups excluding carboxylic acids is 3. The van der Waals surface area contributed by atoms with Gasteiger partial charge in [-0.15, -0.1) is 0 Å². The van der Waals surface area contributed by atoms with E-state index in [9.17, 15) is 14.4 Å². The first-order valence-corrected chi connectivity index (χ1v) is 8.77. The molecule has 3 amide bonds. The van der Waals surface area contributed by atoms with Gasteiger partial charge in [0.1, 0.15) is 0 Å². The summed E-state index contributed by atoms with van der Waals surface area (Å²) in [7, 11) is 0. The van der Waals surface area contributed by atoms with Crippen molar-refractivity contribution >= 4 is 33.7 Å². The smallest absolute Gasteiger partial charge is 0.261 e. The van der Waals surface area contributed by atoms with E-state index in [1.54, 1.807) is 24.3 Å². The van der Waals surface area contributed by atoms with E-state index in [-0.39, 0.29) is 36.7 Å². The lowest BCUT2D eigenvalue weighted by Gasteiger charge is -2.17. The topological polar surface area (TPSA) is 66.5 Å². The van der Waals surface area contributed by atoms with E-state index in [0.717, 1.165) is 14.9 Å². The summed E-state index contributed by atoms with van der Waals surface area (Å²) in [5, 5.41) is 2.89. The molecule has 0 fully saturated rings. The molecule has 25 heavy (non-hydrogen) atoms. The van der Waals surface area contributed by atoms with Gasteiger partial charge in [0.15, 0.2) is 0 Å². The van der Waals surface area contributed by atoms with Gasteiger partial charge < -0.3 is 5.32 Å². The fourth-order valence-electron chi connectivity index (χ4n) is 2.87. The maximum atomic E-state index is 12.3. The van der Waals surface area contributed by atoms with Crippen LogP contribution < -0.4 is 5.32 Å². The average Bonchev–Trinajstić information content (AvgIpc) is 2.85. The number of hydrogen-bond donors (Lipinski definition) is 1. The highest BCUT2D eigenvalue weighted by molar-refractivity contribution is 9.10. The largest absolute Gasteiger partial charge is 0.349 e. The summed E-state index contributed by atoms with van der Waals surface area (Å²) in [5.41, 5.74) is 1.76. The molecule has 0 radical (unpaired) electrons. The van der Waals surface area contributed by atoms with E-state index < -0.39 is 0 Å². The monoisotopic (exact) mass is 400 g/mol. The van der Waals surface area contributed by atoms with Gasteiger partial charge in [0.25, 0.3) is 11.8 Å². The second kappa shape index (κ2) is 7.19. The number of rotatable bonds is 5. The summed E-state index contributed by atoms with van der Waals surface area (Å²) in [6.45, 7) is 1.96. The maximum absolute atomic E-state index is 12.3. The van der Waals surface area contributed by atoms with Gasteiger partial charge in [0.05, 0.1) is 17.2 Å². The molecule has 0 unspecified atom stereocenters. The standard InChI is InChI=1S/C19H17BrN2O3/c1-12(13-6-4-5-9-16(13)20)21-17(23)10-11-22-18(24)14-7-2-3-8-15(14)19(22)25/h2-9,12H,10-11H2,1H3,(H,21,23)/t12-/m1/s1. The molecule has 1 atom stereocenters. The molecule has 0 bridgehead atoms. The van der Waals surface area contributed by atoms with E-state index in [1.165, 1.54) is 0 Å². The Morgan fingerprint density at radius 3 is 2.20 bits per heavy atom. The number of fused-ring (bicyclic) bond motifs is 1. The van der Waals surface area contributed by atoms with Crippen LogP contribution >= 0.6 is 15.9 Å². The Bertz CT molecular complexity index is 815. The third-order valence-electron chi connectivity index (χ3n) is 4.19. The van der Waals surface area contributed by atoms with Crippen LogP contribution in [0.5, 0.6) is 0 Å². The zero-order chi connectivity index (χ0) is 18.0. The molecule has 0 spiro atoms. The molecule has 0 saturated heterocycles. The van der Waals surface area contributed by atoms with Gasteiger partial charge in [-0.05, 0) is 30.7 Å². The molecule has 0 aromatic heterocycles. The second-order valence-electron chi connectivity index (χ2n) is 5.87. The fourth-order valence-corrected chi connectivity index (χ4v) is 3.50. The summed E-state index contributed by atoms with van der Waals surface area (Å²) in [6, 6.07) is 14.2. The minimum atomic E-state index is -0.341. The van der Waals surface area contributed by atoms with Gasteiger partial charge in [-0.2, -0.15) is 0 Å². The number of halogens is 1. The highest BCUT2D eigenvalue weighted by atomic mass is 79.9. The first-order valence-electron chi connectivity index (χ1n) is 7.98. The maximum Gasteiger partial charge on any atom is 0.261 e. The van der Waals surface area contributed by atoms with Gasteiger partial charge >= 0.3 is 0 Å².